The molecule has 0 amide bonds. The summed E-state index contributed by atoms with van der Waals surface area (Å²) in [5, 5.41) is 6.88. The maximum atomic E-state index is 5.47. The molecule has 0 heterocycles. The van der Waals surface area contributed by atoms with Crippen molar-refractivity contribution in [3.63, 3.8) is 0 Å². The number of hydrogen-bond donors (Lipinski definition) is 3. The molecule has 14 heavy (non-hydrogen) atoms. The van der Waals surface area contributed by atoms with Gasteiger partial charge in [0.05, 0.1) is 0 Å². The highest BCUT2D eigenvalue weighted by atomic mass is 14.9. The topological polar surface area (TPSA) is 50.1 Å². The molecule has 0 bridgehead atoms. The van der Waals surface area contributed by atoms with Crippen LogP contribution in [-0.4, -0.2) is 32.7 Å². The number of hydrogen-bond acceptors (Lipinski definition) is 3. The van der Waals surface area contributed by atoms with Gasteiger partial charge in [0, 0.05) is 6.04 Å². The van der Waals surface area contributed by atoms with Gasteiger partial charge >= 0.3 is 0 Å². The van der Waals surface area contributed by atoms with E-state index in [0.29, 0.717) is 0 Å². The SMILES string of the molecule is CNCC1CCCC(NCCCN)C1. The zero-order valence-electron chi connectivity index (χ0n) is 9.39. The van der Waals surface area contributed by atoms with E-state index in [2.05, 4.69) is 10.6 Å². The minimum Gasteiger partial charge on any atom is -0.330 e. The fraction of sp³-hybridized carbons (Fsp3) is 1.00. The van der Waals surface area contributed by atoms with Gasteiger partial charge in [-0.2, -0.15) is 0 Å². The first kappa shape index (κ1) is 12.0. The fourth-order valence-corrected chi connectivity index (χ4v) is 2.36. The Bertz CT molecular complexity index is 136. The van der Waals surface area contributed by atoms with Crippen molar-refractivity contribution in [1.82, 2.24) is 10.6 Å². The molecule has 0 aromatic rings. The van der Waals surface area contributed by atoms with E-state index >= 15 is 0 Å². The lowest BCUT2D eigenvalue weighted by atomic mass is 9.85. The summed E-state index contributed by atoms with van der Waals surface area (Å²) in [4.78, 5) is 0. The molecule has 2 atom stereocenters. The van der Waals surface area contributed by atoms with E-state index in [-0.39, 0.29) is 0 Å². The number of nitrogens with one attached hydrogen (secondary N) is 2. The largest absolute Gasteiger partial charge is 0.330 e. The summed E-state index contributed by atoms with van der Waals surface area (Å²) in [6.07, 6.45) is 6.58. The maximum Gasteiger partial charge on any atom is 0.00701 e. The van der Waals surface area contributed by atoms with Crippen molar-refractivity contribution in [1.29, 1.82) is 0 Å². The van der Waals surface area contributed by atoms with Gasteiger partial charge in [-0.05, 0) is 58.3 Å². The lowest BCUT2D eigenvalue weighted by Crippen LogP contribution is -2.37. The highest BCUT2D eigenvalue weighted by Crippen LogP contribution is 2.23. The van der Waals surface area contributed by atoms with Crippen LogP contribution in [0.25, 0.3) is 0 Å². The molecule has 84 valence electrons. The van der Waals surface area contributed by atoms with Crippen LogP contribution >= 0.6 is 0 Å². The highest BCUT2D eigenvalue weighted by Gasteiger charge is 2.20. The van der Waals surface area contributed by atoms with Crippen molar-refractivity contribution >= 4 is 0 Å². The molecule has 1 saturated carbocycles. The normalized spacial score (nSPS) is 27.9. The van der Waals surface area contributed by atoms with Crippen LogP contribution in [0.1, 0.15) is 32.1 Å². The van der Waals surface area contributed by atoms with Gasteiger partial charge in [-0.25, -0.2) is 0 Å². The summed E-state index contributed by atoms with van der Waals surface area (Å²) >= 11 is 0. The van der Waals surface area contributed by atoms with Gasteiger partial charge in [0.2, 0.25) is 0 Å². The predicted octanol–water partition coefficient (Wildman–Crippen LogP) is 0.703. The fourth-order valence-electron chi connectivity index (χ4n) is 2.36. The maximum absolute atomic E-state index is 5.47. The van der Waals surface area contributed by atoms with Crippen molar-refractivity contribution in [3.05, 3.63) is 0 Å². The molecule has 4 N–H and O–H groups in total. The third-order valence-corrected chi connectivity index (χ3v) is 3.09. The first-order chi connectivity index (χ1) is 6.86. The molecule has 1 aliphatic rings. The first-order valence-electron chi connectivity index (χ1n) is 5.95. The molecule has 0 aromatic heterocycles. The van der Waals surface area contributed by atoms with E-state index < -0.39 is 0 Å². The minimum atomic E-state index is 0.744. The van der Waals surface area contributed by atoms with Crippen LogP contribution in [0.4, 0.5) is 0 Å². The van der Waals surface area contributed by atoms with Gasteiger partial charge < -0.3 is 16.4 Å². The number of rotatable bonds is 6. The van der Waals surface area contributed by atoms with Gasteiger partial charge in [0.15, 0.2) is 0 Å². The summed E-state index contributed by atoms with van der Waals surface area (Å²) in [6.45, 7) is 3.07. The molecule has 0 radical (unpaired) electrons. The second kappa shape index (κ2) is 7.21. The van der Waals surface area contributed by atoms with Gasteiger partial charge in [-0.1, -0.05) is 6.42 Å². The van der Waals surface area contributed by atoms with Crippen molar-refractivity contribution in [2.24, 2.45) is 11.7 Å². The lowest BCUT2D eigenvalue weighted by molar-refractivity contribution is 0.281. The summed E-state index contributed by atoms with van der Waals surface area (Å²) in [7, 11) is 2.05. The molecule has 1 fully saturated rings. The average molecular weight is 199 g/mol. The lowest BCUT2D eigenvalue weighted by Gasteiger charge is -2.29. The van der Waals surface area contributed by atoms with Crippen LogP contribution in [0.3, 0.4) is 0 Å². The molecule has 3 heteroatoms. The van der Waals surface area contributed by atoms with E-state index in [1.54, 1.807) is 0 Å². The van der Waals surface area contributed by atoms with Gasteiger partial charge in [-0.3, -0.25) is 0 Å². The zero-order valence-corrected chi connectivity index (χ0v) is 9.39. The molecule has 3 nitrogen and oxygen atoms in total. The van der Waals surface area contributed by atoms with E-state index in [9.17, 15) is 0 Å². The Labute approximate surface area is 87.8 Å². The molecular weight excluding hydrogens is 174 g/mol. The van der Waals surface area contributed by atoms with Gasteiger partial charge in [-0.15, -0.1) is 0 Å². The Morgan fingerprint density at radius 2 is 2.21 bits per heavy atom. The van der Waals surface area contributed by atoms with Crippen LogP contribution in [0, 0.1) is 5.92 Å². The van der Waals surface area contributed by atoms with Crippen LogP contribution in [0.5, 0.6) is 0 Å². The average Bonchev–Trinajstić information content (AvgIpc) is 2.19. The molecule has 1 rings (SSSR count). The smallest absolute Gasteiger partial charge is 0.00701 e. The van der Waals surface area contributed by atoms with Crippen molar-refractivity contribution in [2.45, 2.75) is 38.1 Å². The second-order valence-corrected chi connectivity index (χ2v) is 4.38. The van der Waals surface area contributed by atoms with E-state index in [1.807, 2.05) is 7.05 Å². The van der Waals surface area contributed by atoms with Crippen LogP contribution in [0.2, 0.25) is 0 Å². The molecule has 1 aliphatic carbocycles. The second-order valence-electron chi connectivity index (χ2n) is 4.38. The summed E-state index contributed by atoms with van der Waals surface area (Å²) in [5.41, 5.74) is 5.47. The Kier molecular flexibility index (Phi) is 6.15. The summed E-state index contributed by atoms with van der Waals surface area (Å²) < 4.78 is 0. The summed E-state index contributed by atoms with van der Waals surface area (Å²) in [5.74, 6) is 0.879. The van der Waals surface area contributed by atoms with Crippen molar-refractivity contribution in [3.8, 4) is 0 Å². The Morgan fingerprint density at radius 3 is 2.93 bits per heavy atom. The Balaban J connectivity index is 2.12. The Morgan fingerprint density at radius 1 is 1.36 bits per heavy atom. The summed E-state index contributed by atoms with van der Waals surface area (Å²) in [6, 6.07) is 0.744. The highest BCUT2D eigenvalue weighted by molar-refractivity contribution is 4.78. The number of nitrogens with two attached hydrogens (primary N) is 1. The molecule has 0 aromatic carbocycles. The van der Waals surface area contributed by atoms with Crippen molar-refractivity contribution in [2.75, 3.05) is 26.7 Å². The molecule has 0 aliphatic heterocycles. The Hall–Kier alpha value is -0.120. The quantitative estimate of drug-likeness (QED) is 0.552. The van der Waals surface area contributed by atoms with E-state index in [0.717, 1.165) is 31.5 Å². The van der Waals surface area contributed by atoms with Gasteiger partial charge in [0.25, 0.3) is 0 Å². The molecule has 2 unspecified atom stereocenters. The van der Waals surface area contributed by atoms with Crippen LogP contribution < -0.4 is 16.4 Å². The molecule has 0 saturated heterocycles. The zero-order chi connectivity index (χ0) is 10.2. The standard InChI is InChI=1S/C11H25N3/c1-13-9-10-4-2-5-11(8-10)14-7-3-6-12/h10-11,13-14H,2-9,12H2,1H3. The minimum absolute atomic E-state index is 0.744. The third-order valence-electron chi connectivity index (χ3n) is 3.09. The monoisotopic (exact) mass is 199 g/mol. The van der Waals surface area contributed by atoms with Crippen LogP contribution in [-0.2, 0) is 0 Å². The third kappa shape index (κ3) is 4.40. The van der Waals surface area contributed by atoms with Crippen molar-refractivity contribution < 1.29 is 0 Å². The first-order valence-corrected chi connectivity index (χ1v) is 5.95. The van der Waals surface area contributed by atoms with E-state index in [4.69, 9.17) is 5.73 Å². The van der Waals surface area contributed by atoms with Crippen LogP contribution in [0.15, 0.2) is 0 Å². The molecular formula is C11H25N3. The van der Waals surface area contributed by atoms with E-state index in [1.165, 1.54) is 32.2 Å². The molecule has 0 spiro atoms. The predicted molar refractivity (Wildman–Crippen MR) is 61.3 cm³/mol. The van der Waals surface area contributed by atoms with Gasteiger partial charge in [0.1, 0.15) is 0 Å².